The summed E-state index contributed by atoms with van der Waals surface area (Å²) in [4.78, 5) is 0. The lowest BCUT2D eigenvalue weighted by molar-refractivity contribution is 0.247. The maximum atomic E-state index is 6.90. The molecule has 0 heterocycles. The molecule has 0 atom stereocenters. The number of rotatable bonds is 33. The molecule has 0 N–H and O–H groups in total. The molecule has 0 aromatic rings. The molecule has 0 unspecified atom stereocenters. The van der Waals surface area contributed by atoms with Gasteiger partial charge >= 0.3 is 137 Å². The molecule has 0 fully saturated rings. The standard InChI is InChI=1S/C35H106O17Si17/c1-36-54(4,5)38-56(8,9)40-58(12,13)42-60(16,17)44-62(20,21)46-64(24,25)48-66(28,29)50-68(32,33)52-69(34,35)51-67(30,31)49-65(26,27)47-63(22,23)45-61(18,19)43-59(14,15)41-57(10,11)39-55(6,7)37-53(2)3/h53H,1-35H3. The van der Waals surface area contributed by atoms with Crippen LogP contribution < -0.4 is 0 Å². The number of hydrogen-bond donors (Lipinski definition) is 0. The average Bonchev–Trinajstić information content (AvgIpc) is 2.85. The molecule has 416 valence electrons. The molecule has 0 spiro atoms. The van der Waals surface area contributed by atoms with Crippen LogP contribution in [0.5, 0.6) is 0 Å². The molecule has 0 saturated carbocycles. The Kier molecular flexibility index (Phi) is 25.6. The minimum absolute atomic E-state index is 1.26. The van der Waals surface area contributed by atoms with E-state index in [-0.39, 0.29) is 0 Å². The first kappa shape index (κ1) is 72.0. The summed E-state index contributed by atoms with van der Waals surface area (Å²) in [5, 5.41) is 0. The monoisotopic (exact) mass is 1270 g/mol. The Morgan fingerprint density at radius 2 is 0.275 bits per heavy atom. The van der Waals surface area contributed by atoms with Crippen molar-refractivity contribution in [2.24, 2.45) is 0 Å². The zero-order valence-corrected chi connectivity index (χ0v) is 67.7. The Morgan fingerprint density at radius 1 is 0.174 bits per heavy atom. The fourth-order valence-electron chi connectivity index (χ4n) is 9.80. The van der Waals surface area contributed by atoms with E-state index in [2.05, 4.69) is 196 Å². The summed E-state index contributed by atoms with van der Waals surface area (Å²) < 4.78 is 114. The van der Waals surface area contributed by atoms with Crippen LogP contribution in [0.25, 0.3) is 0 Å². The van der Waals surface area contributed by atoms with E-state index in [0.29, 0.717) is 0 Å². The van der Waals surface area contributed by atoms with Gasteiger partial charge in [-0.1, -0.05) is 0 Å². The summed E-state index contributed by atoms with van der Waals surface area (Å²) in [6, 6.07) is 0. The Bertz CT molecular complexity index is 1630. The summed E-state index contributed by atoms with van der Waals surface area (Å²) in [6.07, 6.45) is 0. The van der Waals surface area contributed by atoms with Crippen molar-refractivity contribution >= 4 is 146 Å². The lowest BCUT2D eigenvalue weighted by atomic mass is 11.8. The molecule has 69 heavy (non-hydrogen) atoms. The number of hydrogen-bond acceptors (Lipinski definition) is 17. The molecular weight excluding hydrogens is 1170 g/mol. The normalized spacial score (nSPS) is 16.0. The maximum Gasteiger partial charge on any atom is 0.322 e. The summed E-state index contributed by atoms with van der Waals surface area (Å²) in [6.45, 7) is 70.2. The van der Waals surface area contributed by atoms with Gasteiger partial charge in [-0.2, -0.15) is 0 Å². The lowest BCUT2D eigenvalue weighted by Crippen LogP contribution is -2.63. The molecule has 0 rings (SSSR count). The second-order valence-electron chi connectivity index (χ2n) is 25.3. The first-order chi connectivity index (χ1) is 29.6. The fraction of sp³-hybridized carbons (Fsp3) is 1.00. The van der Waals surface area contributed by atoms with Gasteiger partial charge in [0.2, 0.25) is 0 Å². The Morgan fingerprint density at radius 3 is 0.377 bits per heavy atom. The van der Waals surface area contributed by atoms with E-state index < -0.39 is 146 Å². The highest BCUT2D eigenvalue weighted by atomic mass is 28.5. The molecule has 0 saturated heterocycles. The summed E-state index contributed by atoms with van der Waals surface area (Å²) in [5.74, 6) is 0. The fourth-order valence-corrected chi connectivity index (χ4v) is 93.9. The van der Waals surface area contributed by atoms with Gasteiger partial charge in [-0.05, 0) is 223 Å². The third-order valence-corrected chi connectivity index (χ3v) is 72.5. The van der Waals surface area contributed by atoms with Gasteiger partial charge in [0.1, 0.15) is 0 Å². The van der Waals surface area contributed by atoms with Crippen molar-refractivity contribution in [2.45, 2.75) is 223 Å². The average molecular weight is 1280 g/mol. The second-order valence-corrected chi connectivity index (χ2v) is 85.8. The van der Waals surface area contributed by atoms with Crippen LogP contribution in [0.15, 0.2) is 0 Å². The van der Waals surface area contributed by atoms with Gasteiger partial charge in [0.25, 0.3) is 0 Å². The quantitative estimate of drug-likeness (QED) is 0.0571. The highest BCUT2D eigenvalue weighted by molar-refractivity contribution is 6.95. The highest BCUT2D eigenvalue weighted by Crippen LogP contribution is 2.33. The van der Waals surface area contributed by atoms with Crippen LogP contribution in [0.1, 0.15) is 0 Å². The Labute approximate surface area is 442 Å². The molecule has 0 radical (unpaired) electrons. The van der Waals surface area contributed by atoms with Gasteiger partial charge < -0.3 is 70.3 Å². The van der Waals surface area contributed by atoms with Crippen LogP contribution in [0, 0.1) is 0 Å². The predicted octanol–water partition coefficient (Wildman–Crippen LogP) is 12.1. The zero-order chi connectivity index (χ0) is 55.6. The van der Waals surface area contributed by atoms with E-state index in [9.17, 15) is 0 Å². The molecule has 0 aliphatic carbocycles. The molecule has 17 nitrogen and oxygen atoms in total. The molecule has 0 aromatic carbocycles. The molecule has 0 aromatic heterocycles. The molecule has 0 bridgehead atoms. The highest BCUT2D eigenvalue weighted by Gasteiger charge is 2.53. The van der Waals surface area contributed by atoms with E-state index in [0.717, 1.165) is 0 Å². The summed E-state index contributed by atoms with van der Waals surface area (Å²) in [5.41, 5.74) is 0. The first-order valence-corrected chi connectivity index (χ1v) is 72.2. The van der Waals surface area contributed by atoms with E-state index >= 15 is 0 Å². The summed E-state index contributed by atoms with van der Waals surface area (Å²) >= 11 is 0. The van der Waals surface area contributed by atoms with Crippen LogP contribution in [-0.4, -0.2) is 153 Å². The van der Waals surface area contributed by atoms with Crippen LogP contribution in [0.3, 0.4) is 0 Å². The molecule has 0 aliphatic heterocycles. The van der Waals surface area contributed by atoms with Crippen molar-refractivity contribution in [2.75, 3.05) is 7.11 Å². The minimum Gasteiger partial charge on any atom is -0.440 e. The van der Waals surface area contributed by atoms with Gasteiger partial charge in [0.15, 0.2) is 9.04 Å². The smallest absolute Gasteiger partial charge is 0.322 e. The van der Waals surface area contributed by atoms with E-state index in [1.54, 1.807) is 7.11 Å². The van der Waals surface area contributed by atoms with Crippen molar-refractivity contribution < 1.29 is 70.3 Å². The van der Waals surface area contributed by atoms with E-state index in [1.165, 1.54) is 0 Å². The topological polar surface area (TPSA) is 157 Å². The van der Waals surface area contributed by atoms with Crippen LogP contribution in [0.4, 0.5) is 0 Å². The third-order valence-electron chi connectivity index (χ3n) is 8.38. The van der Waals surface area contributed by atoms with Crippen molar-refractivity contribution in [3.8, 4) is 0 Å². The van der Waals surface area contributed by atoms with Gasteiger partial charge in [-0.3, -0.25) is 0 Å². The Hall–Kier alpha value is 3.01. The SMILES string of the molecule is CO[Si](C)(C)O[Si](C)(C)O[Si](C)(C)O[Si](C)(C)O[Si](C)(C)O[Si](C)(C)O[Si](C)(C)O[Si](C)(C)O[Si](C)(C)O[Si](C)(C)O[Si](C)(C)O[Si](C)(C)O[Si](C)(C)O[Si](C)(C)O[Si](C)(C)O[Si](C)(C)O[SiH](C)C. The van der Waals surface area contributed by atoms with Crippen molar-refractivity contribution in [3.05, 3.63) is 0 Å². The predicted molar refractivity (Wildman–Crippen MR) is 323 cm³/mol. The van der Waals surface area contributed by atoms with Crippen LogP contribution >= 0.6 is 0 Å². The van der Waals surface area contributed by atoms with Gasteiger partial charge in [-0.25, -0.2) is 0 Å². The maximum absolute atomic E-state index is 6.90. The van der Waals surface area contributed by atoms with E-state index in [1.807, 2.05) is 26.2 Å². The van der Waals surface area contributed by atoms with Gasteiger partial charge in [-0.15, -0.1) is 0 Å². The van der Waals surface area contributed by atoms with Crippen molar-refractivity contribution in [3.63, 3.8) is 0 Å². The van der Waals surface area contributed by atoms with E-state index in [4.69, 9.17) is 70.3 Å². The van der Waals surface area contributed by atoms with Crippen molar-refractivity contribution in [1.82, 2.24) is 0 Å². The molecular formula is C35H106O17Si17. The summed E-state index contributed by atoms with van der Waals surface area (Å²) in [7, 11) is -42.5. The molecule has 0 aliphatic rings. The Balaban J connectivity index is 5.74. The van der Waals surface area contributed by atoms with Gasteiger partial charge in [0.05, 0.1) is 0 Å². The zero-order valence-electron chi connectivity index (χ0n) is 50.5. The lowest BCUT2D eigenvalue weighted by Gasteiger charge is -2.45. The minimum atomic E-state index is -2.82. The first-order valence-electron chi connectivity index (χ1n) is 24.3. The molecule has 34 heteroatoms. The van der Waals surface area contributed by atoms with Crippen LogP contribution in [0.2, 0.25) is 223 Å². The van der Waals surface area contributed by atoms with Gasteiger partial charge in [0, 0.05) is 7.11 Å². The second kappa shape index (κ2) is 24.6. The van der Waals surface area contributed by atoms with Crippen LogP contribution in [-0.2, 0) is 70.3 Å². The molecule has 0 amide bonds. The third kappa shape index (κ3) is 33.1. The van der Waals surface area contributed by atoms with Crippen molar-refractivity contribution in [1.29, 1.82) is 0 Å². The largest absolute Gasteiger partial charge is 0.440 e.